The number of carbonyl (C=O) groups is 1. The number of aromatic nitrogens is 2. The summed E-state index contributed by atoms with van der Waals surface area (Å²) >= 11 is 0.995. The van der Waals surface area contributed by atoms with E-state index in [9.17, 15) is 4.79 Å². The van der Waals surface area contributed by atoms with Crippen LogP contribution in [0.3, 0.4) is 0 Å². The van der Waals surface area contributed by atoms with Crippen LogP contribution in [-0.2, 0) is 0 Å². The van der Waals surface area contributed by atoms with Gasteiger partial charge in [0.15, 0.2) is 5.69 Å². The van der Waals surface area contributed by atoms with E-state index in [2.05, 4.69) is 8.75 Å². The second kappa shape index (κ2) is 4.29. The van der Waals surface area contributed by atoms with Gasteiger partial charge in [0.1, 0.15) is 0 Å². The van der Waals surface area contributed by atoms with Gasteiger partial charge in [0.05, 0.1) is 30.6 Å². The molecule has 1 unspecified atom stereocenters. The summed E-state index contributed by atoms with van der Waals surface area (Å²) in [7, 11) is 1.63. The third-order valence-electron chi connectivity index (χ3n) is 1.83. The van der Waals surface area contributed by atoms with E-state index in [1.807, 2.05) is 0 Å². The van der Waals surface area contributed by atoms with Crippen LogP contribution < -0.4 is 0 Å². The summed E-state index contributed by atoms with van der Waals surface area (Å²) in [6.45, 7) is 1.71. The van der Waals surface area contributed by atoms with Gasteiger partial charge in [-0.05, 0) is 6.92 Å². The quantitative estimate of drug-likeness (QED) is 0.747. The van der Waals surface area contributed by atoms with Gasteiger partial charge in [-0.15, -0.1) is 0 Å². The molecule has 1 heterocycles. The minimum absolute atomic E-state index is 0.0557. The minimum Gasteiger partial charge on any atom is -0.394 e. The third kappa shape index (κ3) is 2.22. The number of rotatable bonds is 3. The van der Waals surface area contributed by atoms with Gasteiger partial charge in [-0.1, -0.05) is 0 Å². The number of nitrogens with zero attached hydrogens (tertiary/aromatic N) is 3. The lowest BCUT2D eigenvalue weighted by Crippen LogP contribution is -2.37. The highest BCUT2D eigenvalue weighted by Gasteiger charge is 2.18. The number of hydrogen-bond acceptors (Lipinski definition) is 5. The van der Waals surface area contributed by atoms with Crippen LogP contribution in [0.5, 0.6) is 0 Å². The molecule has 0 saturated heterocycles. The summed E-state index contributed by atoms with van der Waals surface area (Å²) in [5.41, 5.74) is 0.327. The first-order valence-corrected chi connectivity index (χ1v) is 4.55. The highest BCUT2D eigenvalue weighted by atomic mass is 32.1. The fourth-order valence-corrected chi connectivity index (χ4v) is 1.17. The van der Waals surface area contributed by atoms with E-state index in [1.54, 1.807) is 14.0 Å². The van der Waals surface area contributed by atoms with Crippen LogP contribution in [-0.4, -0.2) is 44.4 Å². The van der Waals surface area contributed by atoms with Crippen LogP contribution in [0.1, 0.15) is 17.4 Å². The van der Waals surface area contributed by atoms with Crippen molar-refractivity contribution >= 4 is 17.6 Å². The Kier molecular flexibility index (Phi) is 3.32. The van der Waals surface area contributed by atoms with Crippen molar-refractivity contribution in [3.8, 4) is 0 Å². The van der Waals surface area contributed by atoms with Gasteiger partial charge < -0.3 is 10.0 Å². The molecule has 1 N–H and O–H groups in total. The summed E-state index contributed by atoms with van der Waals surface area (Å²) in [6, 6.07) is -0.200. The molecule has 5 nitrogen and oxygen atoms in total. The van der Waals surface area contributed by atoms with Gasteiger partial charge in [0, 0.05) is 7.05 Å². The smallest absolute Gasteiger partial charge is 0.275 e. The lowest BCUT2D eigenvalue weighted by atomic mass is 10.3. The zero-order chi connectivity index (χ0) is 9.84. The van der Waals surface area contributed by atoms with Crippen molar-refractivity contribution in [2.75, 3.05) is 13.7 Å². The summed E-state index contributed by atoms with van der Waals surface area (Å²) in [6.07, 6.45) is 1.42. The molecule has 1 rings (SSSR count). The van der Waals surface area contributed by atoms with Gasteiger partial charge in [-0.25, -0.2) is 0 Å². The Morgan fingerprint density at radius 1 is 1.85 bits per heavy atom. The highest BCUT2D eigenvalue weighted by Crippen LogP contribution is 2.03. The molecule has 1 aromatic heterocycles. The molecule has 6 heteroatoms. The SMILES string of the molecule is CC(CO)N(C)C(=O)c1cnsn1. The van der Waals surface area contributed by atoms with Crippen LogP contribution in [0.15, 0.2) is 6.20 Å². The Hall–Kier alpha value is -1.01. The average molecular weight is 201 g/mol. The molecule has 0 aliphatic heterocycles. The zero-order valence-corrected chi connectivity index (χ0v) is 8.28. The number of aliphatic hydroxyl groups excluding tert-OH is 1. The minimum atomic E-state index is -0.213. The maximum Gasteiger partial charge on any atom is 0.275 e. The van der Waals surface area contributed by atoms with Crippen LogP contribution in [0, 0.1) is 0 Å². The van der Waals surface area contributed by atoms with Crippen molar-refractivity contribution < 1.29 is 9.90 Å². The molecule has 72 valence electrons. The maximum absolute atomic E-state index is 11.5. The molecule has 0 aliphatic rings. The summed E-state index contributed by atoms with van der Waals surface area (Å²) < 4.78 is 7.54. The Labute approximate surface area is 80.3 Å². The van der Waals surface area contributed by atoms with E-state index in [0.29, 0.717) is 5.69 Å². The largest absolute Gasteiger partial charge is 0.394 e. The lowest BCUT2D eigenvalue weighted by Gasteiger charge is -2.21. The molecule has 13 heavy (non-hydrogen) atoms. The van der Waals surface area contributed by atoms with Gasteiger partial charge in [-0.3, -0.25) is 4.79 Å². The van der Waals surface area contributed by atoms with Gasteiger partial charge in [0.25, 0.3) is 5.91 Å². The third-order valence-corrected chi connectivity index (χ3v) is 2.30. The topological polar surface area (TPSA) is 66.3 Å². The number of carbonyl (C=O) groups excluding carboxylic acids is 1. The van der Waals surface area contributed by atoms with Crippen molar-refractivity contribution in [1.82, 2.24) is 13.6 Å². The van der Waals surface area contributed by atoms with Crippen LogP contribution in [0.2, 0.25) is 0 Å². The van der Waals surface area contributed by atoms with Crippen molar-refractivity contribution in [1.29, 1.82) is 0 Å². The number of hydrogen-bond donors (Lipinski definition) is 1. The lowest BCUT2D eigenvalue weighted by molar-refractivity contribution is 0.0677. The molecule has 0 saturated carbocycles. The van der Waals surface area contributed by atoms with Gasteiger partial charge in [-0.2, -0.15) is 8.75 Å². The maximum atomic E-state index is 11.5. The predicted molar refractivity (Wildman–Crippen MR) is 48.6 cm³/mol. The Bertz CT molecular complexity index is 275. The standard InChI is InChI=1S/C7H11N3O2S/c1-5(4-11)10(2)7(12)6-3-8-13-9-6/h3,5,11H,4H2,1-2H3. The molecular weight excluding hydrogens is 190 g/mol. The number of amides is 1. The fraction of sp³-hybridized carbons (Fsp3) is 0.571. The second-order valence-corrected chi connectivity index (χ2v) is 3.30. The van der Waals surface area contributed by atoms with Crippen LogP contribution >= 0.6 is 11.7 Å². The van der Waals surface area contributed by atoms with Gasteiger partial charge >= 0.3 is 0 Å². The van der Waals surface area contributed by atoms with E-state index < -0.39 is 0 Å². The van der Waals surface area contributed by atoms with E-state index in [1.165, 1.54) is 11.1 Å². The Morgan fingerprint density at radius 2 is 2.54 bits per heavy atom. The fourth-order valence-electron chi connectivity index (χ4n) is 0.762. The monoisotopic (exact) mass is 201 g/mol. The summed E-state index contributed by atoms with van der Waals surface area (Å²) in [5, 5.41) is 8.82. The van der Waals surface area contributed by atoms with Crippen molar-refractivity contribution in [3.05, 3.63) is 11.9 Å². The average Bonchev–Trinajstić information content (AvgIpc) is 2.67. The first-order chi connectivity index (χ1) is 6.16. The molecule has 0 radical (unpaired) electrons. The molecule has 0 bridgehead atoms. The molecule has 0 aliphatic carbocycles. The molecular formula is C7H11N3O2S. The molecule has 0 fully saturated rings. The first kappa shape index (κ1) is 10.1. The van der Waals surface area contributed by atoms with Crippen LogP contribution in [0.4, 0.5) is 0 Å². The first-order valence-electron chi connectivity index (χ1n) is 3.82. The Balaban J connectivity index is 2.68. The number of aliphatic hydroxyl groups is 1. The molecule has 0 aromatic carbocycles. The predicted octanol–water partition coefficient (Wildman–Crippen LogP) is -0.00910. The molecule has 1 aromatic rings. The van der Waals surface area contributed by atoms with E-state index in [-0.39, 0.29) is 18.6 Å². The summed E-state index contributed by atoms with van der Waals surface area (Å²) in [4.78, 5) is 13.0. The van der Waals surface area contributed by atoms with E-state index >= 15 is 0 Å². The molecule has 1 amide bonds. The summed E-state index contributed by atoms with van der Waals surface area (Å²) in [5.74, 6) is -0.213. The second-order valence-electron chi connectivity index (χ2n) is 2.74. The molecule has 0 spiro atoms. The van der Waals surface area contributed by atoms with Crippen molar-refractivity contribution in [2.24, 2.45) is 0 Å². The van der Waals surface area contributed by atoms with Crippen molar-refractivity contribution in [2.45, 2.75) is 13.0 Å². The molecule has 1 atom stereocenters. The van der Waals surface area contributed by atoms with E-state index in [4.69, 9.17) is 5.11 Å². The number of likely N-dealkylation sites (N-methyl/N-ethyl adjacent to an activating group) is 1. The zero-order valence-electron chi connectivity index (χ0n) is 7.47. The van der Waals surface area contributed by atoms with Gasteiger partial charge in [0.2, 0.25) is 0 Å². The van der Waals surface area contributed by atoms with Crippen molar-refractivity contribution in [3.63, 3.8) is 0 Å². The van der Waals surface area contributed by atoms with E-state index in [0.717, 1.165) is 11.7 Å². The highest BCUT2D eigenvalue weighted by molar-refractivity contribution is 6.99. The van der Waals surface area contributed by atoms with Crippen LogP contribution in [0.25, 0.3) is 0 Å². The Morgan fingerprint density at radius 3 is 3.00 bits per heavy atom. The normalized spacial score (nSPS) is 12.5.